The summed E-state index contributed by atoms with van der Waals surface area (Å²) in [4.78, 5) is 33.2. The Kier molecular flexibility index (Phi) is 4.85. The van der Waals surface area contributed by atoms with Gasteiger partial charge in [-0.15, -0.1) is 0 Å². The van der Waals surface area contributed by atoms with Crippen LogP contribution in [0.1, 0.15) is 25.5 Å². The van der Waals surface area contributed by atoms with Gasteiger partial charge in [0.05, 0.1) is 11.7 Å². The van der Waals surface area contributed by atoms with Crippen molar-refractivity contribution in [3.63, 3.8) is 0 Å². The van der Waals surface area contributed by atoms with Crippen LogP contribution in [0, 0.1) is 5.92 Å². The monoisotopic (exact) mass is 464 g/mol. The molecule has 2 saturated heterocycles. The Bertz CT molecular complexity index is 950. The predicted molar refractivity (Wildman–Crippen MR) is 108 cm³/mol. The van der Waals surface area contributed by atoms with E-state index in [4.69, 9.17) is 16.4 Å². The number of amides is 2. The molecule has 0 aliphatic carbocycles. The molecule has 0 saturated carbocycles. The zero-order chi connectivity index (χ0) is 20.2. The van der Waals surface area contributed by atoms with Crippen LogP contribution in [0.4, 0.5) is 5.69 Å². The Hall–Kier alpha value is -2.09. The highest BCUT2D eigenvalue weighted by Gasteiger charge is 2.60. The second-order valence-corrected chi connectivity index (χ2v) is 8.49. The van der Waals surface area contributed by atoms with Gasteiger partial charge in [0.25, 0.3) is 5.91 Å². The number of carbonyl (C=O) groups is 2. The molecule has 28 heavy (non-hydrogen) atoms. The minimum Gasteiger partial charge on any atom is -0.508 e. The van der Waals surface area contributed by atoms with Gasteiger partial charge in [-0.3, -0.25) is 19.3 Å². The first-order valence-electron chi connectivity index (χ1n) is 8.86. The maximum atomic E-state index is 13.1. The summed E-state index contributed by atoms with van der Waals surface area (Å²) in [7, 11) is 0. The van der Waals surface area contributed by atoms with Gasteiger partial charge in [-0.1, -0.05) is 27.5 Å². The van der Waals surface area contributed by atoms with Crippen molar-refractivity contribution in [2.24, 2.45) is 5.92 Å². The van der Waals surface area contributed by atoms with Gasteiger partial charge < -0.3 is 5.11 Å². The van der Waals surface area contributed by atoms with Gasteiger partial charge in [0, 0.05) is 21.1 Å². The van der Waals surface area contributed by atoms with Crippen LogP contribution in [0.5, 0.6) is 5.75 Å². The molecule has 4 rings (SSSR count). The SMILES string of the molecule is CC(C)N1C(=O)[C@H]2[C@H](ON(c3ccc(Cl)cc3)[C@H]2c2cc(Br)ccc2O)C1=O. The molecule has 3 atom stereocenters. The third-order valence-corrected chi connectivity index (χ3v) is 5.80. The van der Waals surface area contributed by atoms with Crippen LogP contribution in [-0.4, -0.2) is 34.0 Å². The van der Waals surface area contributed by atoms with Crippen molar-refractivity contribution >= 4 is 45.0 Å². The van der Waals surface area contributed by atoms with Gasteiger partial charge >= 0.3 is 0 Å². The topological polar surface area (TPSA) is 70.1 Å². The lowest BCUT2D eigenvalue weighted by atomic mass is 9.90. The van der Waals surface area contributed by atoms with Gasteiger partial charge in [-0.2, -0.15) is 0 Å². The molecule has 2 aromatic rings. The van der Waals surface area contributed by atoms with Gasteiger partial charge in [-0.25, -0.2) is 5.06 Å². The average molecular weight is 466 g/mol. The maximum absolute atomic E-state index is 13.1. The molecule has 2 heterocycles. The van der Waals surface area contributed by atoms with Gasteiger partial charge in [0.15, 0.2) is 6.10 Å². The highest BCUT2D eigenvalue weighted by molar-refractivity contribution is 9.10. The van der Waals surface area contributed by atoms with Crippen molar-refractivity contribution in [1.82, 2.24) is 4.90 Å². The molecular weight excluding hydrogens is 448 g/mol. The number of phenolic OH excluding ortho intramolecular Hbond substituents is 1. The van der Waals surface area contributed by atoms with Crippen molar-refractivity contribution in [3.8, 4) is 5.75 Å². The number of carbonyl (C=O) groups excluding carboxylic acids is 2. The summed E-state index contributed by atoms with van der Waals surface area (Å²) in [5.41, 5.74) is 1.14. The number of aromatic hydroxyl groups is 1. The Balaban J connectivity index is 1.85. The summed E-state index contributed by atoms with van der Waals surface area (Å²) in [6.45, 7) is 3.58. The van der Waals surface area contributed by atoms with E-state index in [2.05, 4.69) is 15.9 Å². The lowest BCUT2D eigenvalue weighted by Gasteiger charge is -2.30. The molecule has 0 aromatic heterocycles. The molecule has 0 spiro atoms. The van der Waals surface area contributed by atoms with Crippen molar-refractivity contribution in [1.29, 1.82) is 0 Å². The molecule has 2 aromatic carbocycles. The van der Waals surface area contributed by atoms with Crippen molar-refractivity contribution in [2.45, 2.75) is 32.0 Å². The summed E-state index contributed by atoms with van der Waals surface area (Å²) < 4.78 is 0.747. The number of imide groups is 1. The van der Waals surface area contributed by atoms with E-state index in [9.17, 15) is 14.7 Å². The molecule has 146 valence electrons. The number of likely N-dealkylation sites (tertiary alicyclic amines) is 1. The molecule has 6 nitrogen and oxygen atoms in total. The van der Waals surface area contributed by atoms with Gasteiger partial charge in [-0.05, 0) is 56.3 Å². The smallest absolute Gasteiger partial charge is 0.262 e. The number of nitrogens with zero attached hydrogens (tertiary/aromatic N) is 2. The van der Waals surface area contributed by atoms with E-state index in [-0.39, 0.29) is 23.6 Å². The predicted octanol–water partition coefficient (Wildman–Crippen LogP) is 4.06. The number of hydrogen-bond donors (Lipinski definition) is 1. The summed E-state index contributed by atoms with van der Waals surface area (Å²) >= 11 is 9.41. The summed E-state index contributed by atoms with van der Waals surface area (Å²) in [5, 5.41) is 12.6. The Morgan fingerprint density at radius 1 is 1.11 bits per heavy atom. The molecule has 0 bridgehead atoms. The van der Waals surface area contributed by atoms with Crippen molar-refractivity contribution in [2.75, 3.05) is 5.06 Å². The van der Waals surface area contributed by atoms with Crippen molar-refractivity contribution < 1.29 is 19.5 Å². The van der Waals surface area contributed by atoms with Crippen LogP contribution in [0.3, 0.4) is 0 Å². The van der Waals surface area contributed by atoms with Crippen LogP contribution in [-0.2, 0) is 14.4 Å². The summed E-state index contributed by atoms with van der Waals surface area (Å²) in [6.07, 6.45) is -0.936. The second kappa shape index (κ2) is 7.06. The number of fused-ring (bicyclic) bond motifs is 1. The maximum Gasteiger partial charge on any atom is 0.262 e. The first-order valence-corrected chi connectivity index (χ1v) is 10.0. The van der Waals surface area contributed by atoms with Gasteiger partial charge in [0.1, 0.15) is 11.7 Å². The van der Waals surface area contributed by atoms with Crippen LogP contribution >= 0.6 is 27.5 Å². The van der Waals surface area contributed by atoms with Gasteiger partial charge in [0.2, 0.25) is 5.91 Å². The number of phenols is 1. The van der Waals surface area contributed by atoms with Crippen LogP contribution in [0.25, 0.3) is 0 Å². The fraction of sp³-hybridized carbons (Fsp3) is 0.300. The van der Waals surface area contributed by atoms with Crippen LogP contribution < -0.4 is 5.06 Å². The van der Waals surface area contributed by atoms with Crippen molar-refractivity contribution in [3.05, 3.63) is 57.5 Å². The zero-order valence-electron chi connectivity index (χ0n) is 15.2. The molecule has 0 radical (unpaired) electrons. The lowest BCUT2D eigenvalue weighted by molar-refractivity contribution is -0.145. The zero-order valence-corrected chi connectivity index (χ0v) is 17.5. The van der Waals surface area contributed by atoms with E-state index < -0.39 is 18.1 Å². The molecule has 2 amide bonds. The summed E-state index contributed by atoms with van der Waals surface area (Å²) in [5.74, 6) is -1.39. The standard InChI is InChI=1S/C20H18BrClN2O4/c1-10(2)23-19(26)16-17(14-9-11(21)3-8-15(14)25)24(28-18(16)20(23)27)13-6-4-12(22)5-7-13/h3-10,16-18,25H,1-2H3/t16-,17+,18+/m1/s1. The molecule has 0 unspecified atom stereocenters. The van der Waals surface area contributed by atoms with E-state index in [1.807, 2.05) is 0 Å². The molecule has 2 aliphatic heterocycles. The Morgan fingerprint density at radius 2 is 1.79 bits per heavy atom. The minimum atomic E-state index is -0.936. The number of hydrogen-bond acceptors (Lipinski definition) is 5. The molecule has 1 N–H and O–H groups in total. The van der Waals surface area contributed by atoms with E-state index in [1.165, 1.54) is 9.96 Å². The highest BCUT2D eigenvalue weighted by atomic mass is 79.9. The fourth-order valence-electron chi connectivity index (χ4n) is 3.83. The minimum absolute atomic E-state index is 0.0275. The third-order valence-electron chi connectivity index (χ3n) is 5.06. The molecular formula is C20H18BrClN2O4. The quantitative estimate of drug-likeness (QED) is 0.692. The van der Waals surface area contributed by atoms with E-state index >= 15 is 0 Å². The Morgan fingerprint density at radius 3 is 2.43 bits per heavy atom. The highest BCUT2D eigenvalue weighted by Crippen LogP contribution is 2.49. The average Bonchev–Trinajstić information content (AvgIpc) is 3.14. The Labute approximate surface area is 175 Å². The lowest BCUT2D eigenvalue weighted by Crippen LogP contribution is -2.41. The number of anilines is 1. The number of hydroxylamine groups is 1. The first-order chi connectivity index (χ1) is 13.3. The summed E-state index contributed by atoms with van der Waals surface area (Å²) in [6, 6.07) is 11.0. The largest absolute Gasteiger partial charge is 0.508 e. The van der Waals surface area contributed by atoms with E-state index in [1.54, 1.807) is 56.3 Å². The molecule has 8 heteroatoms. The van der Waals surface area contributed by atoms with Crippen LogP contribution in [0.15, 0.2) is 46.9 Å². The van der Waals surface area contributed by atoms with E-state index in [0.717, 1.165) is 4.47 Å². The third kappa shape index (κ3) is 2.98. The number of halogens is 2. The fourth-order valence-corrected chi connectivity index (χ4v) is 4.34. The molecule has 2 fully saturated rings. The normalized spacial score (nSPS) is 24.4. The number of rotatable bonds is 3. The molecule has 2 aliphatic rings. The first kappa shape index (κ1) is 19.2. The number of benzene rings is 2. The van der Waals surface area contributed by atoms with Crippen LogP contribution in [0.2, 0.25) is 5.02 Å². The second-order valence-electron chi connectivity index (χ2n) is 7.14. The van der Waals surface area contributed by atoms with E-state index in [0.29, 0.717) is 16.3 Å².